The van der Waals surface area contributed by atoms with Crippen molar-refractivity contribution in [3.8, 4) is 0 Å². The summed E-state index contributed by atoms with van der Waals surface area (Å²) in [6.07, 6.45) is 4.65. The predicted molar refractivity (Wildman–Crippen MR) is 193 cm³/mol. The number of nitrogens with zero attached hydrogens (tertiary/aromatic N) is 3. The highest BCUT2D eigenvalue weighted by Gasteiger charge is 2.38. The van der Waals surface area contributed by atoms with Crippen LogP contribution in [0.1, 0.15) is 114 Å². The molecule has 1 aliphatic heterocycles. The Bertz CT molecular complexity index is 1350. The maximum Gasteiger partial charge on any atom is 0.303 e. The van der Waals surface area contributed by atoms with E-state index in [1.165, 1.54) is 18.3 Å². The van der Waals surface area contributed by atoms with Gasteiger partial charge in [0.15, 0.2) is 11.9 Å². The number of ketones is 1. The number of hydrogen-bond acceptors (Lipinski definition) is 9. The number of aromatic nitrogens is 1. The number of rotatable bonds is 19. The number of piperidine rings is 1. The number of thiazole rings is 1. The molecule has 2 amide bonds. The van der Waals surface area contributed by atoms with Crippen LogP contribution in [0.25, 0.3) is 0 Å². The molecule has 0 saturated carbocycles. The largest absolute Gasteiger partial charge is 0.455 e. The summed E-state index contributed by atoms with van der Waals surface area (Å²) in [6.45, 7) is 12.8. The van der Waals surface area contributed by atoms with Gasteiger partial charge in [-0.05, 0) is 56.7 Å². The van der Waals surface area contributed by atoms with Gasteiger partial charge >= 0.3 is 5.97 Å². The van der Waals surface area contributed by atoms with Crippen LogP contribution in [-0.2, 0) is 25.5 Å². The average molecular weight is 699 g/mol. The van der Waals surface area contributed by atoms with Crippen molar-refractivity contribution in [2.24, 2.45) is 17.8 Å². The monoisotopic (exact) mass is 698 g/mol. The lowest BCUT2D eigenvalue weighted by Gasteiger charge is -2.39. The molecule has 0 aliphatic carbocycles. The lowest BCUT2D eigenvalue weighted by atomic mass is 9.82. The molecule has 2 aromatic rings. The van der Waals surface area contributed by atoms with Gasteiger partial charge in [-0.25, -0.2) is 4.98 Å². The third kappa shape index (κ3) is 11.7. The Kier molecular flexibility index (Phi) is 16.3. The Morgan fingerprint density at radius 3 is 2.43 bits per heavy atom. The first-order valence-corrected chi connectivity index (χ1v) is 18.9. The first kappa shape index (κ1) is 40.3. The third-order valence-electron chi connectivity index (χ3n) is 9.80. The molecule has 2 N–H and O–H groups in total. The fourth-order valence-electron chi connectivity index (χ4n) is 6.78. The van der Waals surface area contributed by atoms with E-state index in [4.69, 9.17) is 4.74 Å². The molecule has 1 saturated heterocycles. The number of esters is 1. The summed E-state index contributed by atoms with van der Waals surface area (Å²) in [6, 6.07) is 8.67. The van der Waals surface area contributed by atoms with Gasteiger partial charge in [0.25, 0.3) is 5.91 Å². The Balaban J connectivity index is 1.84. The van der Waals surface area contributed by atoms with Crippen molar-refractivity contribution in [3.05, 3.63) is 52.0 Å². The highest BCUT2D eigenvalue weighted by atomic mass is 32.1. The van der Waals surface area contributed by atoms with Gasteiger partial charge in [-0.15, -0.1) is 11.3 Å². The fourth-order valence-corrected chi connectivity index (χ4v) is 7.62. The molecule has 1 aromatic heterocycles. The Morgan fingerprint density at radius 1 is 1.12 bits per heavy atom. The van der Waals surface area contributed by atoms with Gasteiger partial charge in [-0.3, -0.25) is 24.1 Å². The molecule has 10 nitrogen and oxygen atoms in total. The molecule has 49 heavy (non-hydrogen) atoms. The minimum atomic E-state index is -0.777. The maximum absolute atomic E-state index is 14.5. The van der Waals surface area contributed by atoms with E-state index in [0.29, 0.717) is 24.4 Å². The molecule has 6 atom stereocenters. The number of aliphatic hydroxyl groups is 1. The highest BCUT2D eigenvalue weighted by molar-refractivity contribution is 7.09. The van der Waals surface area contributed by atoms with Crippen LogP contribution in [0.5, 0.6) is 0 Å². The van der Waals surface area contributed by atoms with E-state index in [0.717, 1.165) is 44.2 Å². The number of likely N-dealkylation sites (N-methyl/N-ethyl adjacent to an activating group) is 1. The number of amides is 2. The average Bonchev–Trinajstić information content (AvgIpc) is 3.58. The normalized spacial score (nSPS) is 18.3. The zero-order chi connectivity index (χ0) is 36.1. The Morgan fingerprint density at radius 2 is 1.84 bits per heavy atom. The number of carbonyl (C=O) groups is 4. The molecule has 2 heterocycles. The molecular weight excluding hydrogens is 641 g/mol. The van der Waals surface area contributed by atoms with Crippen LogP contribution >= 0.6 is 11.3 Å². The second kappa shape index (κ2) is 19.9. The lowest BCUT2D eigenvalue weighted by Crippen LogP contribution is -2.50. The summed E-state index contributed by atoms with van der Waals surface area (Å²) in [5.41, 5.74) is 1.16. The summed E-state index contributed by atoms with van der Waals surface area (Å²) < 4.78 is 5.82. The molecule has 272 valence electrons. The van der Waals surface area contributed by atoms with Crippen molar-refractivity contribution >= 4 is 34.9 Å². The minimum absolute atomic E-state index is 0.0114. The number of benzene rings is 1. The van der Waals surface area contributed by atoms with E-state index in [2.05, 4.69) is 29.0 Å². The summed E-state index contributed by atoms with van der Waals surface area (Å²) in [7, 11) is 2.00. The van der Waals surface area contributed by atoms with Crippen molar-refractivity contribution < 1.29 is 29.0 Å². The number of Topliss-reactive ketones (excluding diaryl/α,β-unsaturated/α-hetero) is 1. The SMILES string of the molecule is CCCN(C(=O)C(CC(=O)C1CCCCN1C)[C@@H](C)CC)[C@H](C[C@@H](OC(C)=O)c1nc(C(=O)N[C@H](CO)Cc2ccccc2)cs1)C(C)C. The molecule has 1 aromatic carbocycles. The van der Waals surface area contributed by atoms with E-state index in [1.807, 2.05) is 63.1 Å². The topological polar surface area (TPSA) is 129 Å². The van der Waals surface area contributed by atoms with Gasteiger partial charge in [0.05, 0.1) is 18.7 Å². The van der Waals surface area contributed by atoms with Crippen molar-refractivity contribution in [2.45, 2.75) is 117 Å². The summed E-state index contributed by atoms with van der Waals surface area (Å²) in [5, 5.41) is 14.9. The second-order valence-electron chi connectivity index (χ2n) is 13.9. The van der Waals surface area contributed by atoms with Gasteiger partial charge in [0.1, 0.15) is 10.7 Å². The molecular formula is C38H58N4O6S. The van der Waals surface area contributed by atoms with E-state index in [1.54, 1.807) is 5.38 Å². The predicted octanol–water partition coefficient (Wildman–Crippen LogP) is 5.84. The molecule has 0 bridgehead atoms. The lowest BCUT2D eigenvalue weighted by molar-refractivity contribution is -0.150. The van der Waals surface area contributed by atoms with Crippen molar-refractivity contribution in [3.63, 3.8) is 0 Å². The number of carbonyl (C=O) groups excluding carboxylic acids is 4. The molecule has 3 rings (SSSR count). The second-order valence-corrected chi connectivity index (χ2v) is 14.8. The smallest absolute Gasteiger partial charge is 0.303 e. The fraction of sp³-hybridized carbons (Fsp3) is 0.658. The standard InChI is InChI=1S/C38H58N4O6S/c1-8-18-42(38(47)30(26(5)9-2)21-34(45)32-17-13-14-19-41(32)7)33(25(3)4)22-35(48-27(6)44)37-40-31(24-49-37)36(46)39-29(23-43)20-28-15-11-10-12-16-28/h10-12,15-16,24-26,29-30,32-33,35,43H,8-9,13-14,17-23H2,1-7H3,(H,39,46)/t26-,29-,30?,32?,33+,35+/m0/s1. The first-order valence-electron chi connectivity index (χ1n) is 18.0. The highest BCUT2D eigenvalue weighted by Crippen LogP contribution is 2.33. The number of aliphatic hydroxyl groups excluding tert-OH is 1. The molecule has 0 spiro atoms. The molecule has 0 radical (unpaired) electrons. The van der Waals surface area contributed by atoms with Crippen LogP contribution in [0.2, 0.25) is 0 Å². The van der Waals surface area contributed by atoms with Crippen molar-refractivity contribution in [2.75, 3.05) is 26.7 Å². The van der Waals surface area contributed by atoms with E-state index in [-0.39, 0.29) is 54.3 Å². The quantitative estimate of drug-likeness (QED) is 0.175. The van der Waals surface area contributed by atoms with Crippen LogP contribution < -0.4 is 5.32 Å². The zero-order valence-electron chi connectivity index (χ0n) is 30.5. The zero-order valence-corrected chi connectivity index (χ0v) is 31.3. The molecule has 1 aliphatic rings. The molecule has 11 heteroatoms. The third-order valence-corrected chi connectivity index (χ3v) is 10.7. The minimum Gasteiger partial charge on any atom is -0.455 e. The van der Waals surface area contributed by atoms with Crippen molar-refractivity contribution in [1.82, 2.24) is 20.1 Å². The van der Waals surface area contributed by atoms with E-state index < -0.39 is 29.9 Å². The van der Waals surface area contributed by atoms with Gasteiger partial charge < -0.3 is 20.1 Å². The summed E-state index contributed by atoms with van der Waals surface area (Å²) >= 11 is 1.23. The number of likely N-dealkylation sites (tertiary alicyclic amines) is 1. The van der Waals surface area contributed by atoms with Crippen molar-refractivity contribution in [1.29, 1.82) is 0 Å². The van der Waals surface area contributed by atoms with Crippen LogP contribution in [0.15, 0.2) is 35.7 Å². The maximum atomic E-state index is 14.5. The number of ether oxygens (including phenoxy) is 1. The van der Waals surface area contributed by atoms with Gasteiger partial charge in [0, 0.05) is 43.6 Å². The van der Waals surface area contributed by atoms with Crippen LogP contribution in [-0.4, -0.2) is 88.3 Å². The van der Waals surface area contributed by atoms with E-state index in [9.17, 15) is 24.3 Å². The van der Waals surface area contributed by atoms with Gasteiger partial charge in [-0.2, -0.15) is 0 Å². The van der Waals surface area contributed by atoms with E-state index >= 15 is 0 Å². The van der Waals surface area contributed by atoms with Gasteiger partial charge in [0.2, 0.25) is 5.91 Å². The van der Waals surface area contributed by atoms with Crippen LogP contribution in [0, 0.1) is 17.8 Å². The number of hydrogen-bond donors (Lipinski definition) is 2. The summed E-state index contributed by atoms with van der Waals surface area (Å²) in [5.74, 6) is -1.22. The molecule has 1 fully saturated rings. The first-order chi connectivity index (χ1) is 23.4. The molecule has 2 unspecified atom stereocenters. The van der Waals surface area contributed by atoms with Crippen LogP contribution in [0.3, 0.4) is 0 Å². The number of nitrogens with one attached hydrogen (secondary N) is 1. The van der Waals surface area contributed by atoms with Crippen LogP contribution in [0.4, 0.5) is 0 Å². The Hall–Kier alpha value is -3.15. The van der Waals surface area contributed by atoms with Gasteiger partial charge in [-0.1, -0.05) is 77.8 Å². The Labute approximate surface area is 297 Å². The summed E-state index contributed by atoms with van der Waals surface area (Å²) in [4.78, 5) is 62.4.